The van der Waals surface area contributed by atoms with Crippen molar-refractivity contribution in [1.82, 2.24) is 0 Å². The highest BCUT2D eigenvalue weighted by Gasteiger charge is 2.38. The monoisotopic (exact) mass is 414 g/mol. The number of ether oxygens (including phenoxy) is 1. The largest absolute Gasteiger partial charge is 0.465 e. The van der Waals surface area contributed by atoms with Crippen LogP contribution in [-0.2, 0) is 9.53 Å². The Balaban J connectivity index is 4.61. The standard InChI is InChI=1S/C15H28Br2O3/c1-13(2,8-16)10-20-12(19)14(3,4)7-11(18)15(5,6)9-17/h11,18H,7-10H2,1-6H3. The molecule has 0 aromatic heterocycles. The molecule has 20 heavy (non-hydrogen) atoms. The second kappa shape index (κ2) is 7.59. The van der Waals surface area contributed by atoms with Gasteiger partial charge in [-0.15, -0.1) is 0 Å². The summed E-state index contributed by atoms with van der Waals surface area (Å²) >= 11 is 6.81. The van der Waals surface area contributed by atoms with Crippen LogP contribution >= 0.6 is 31.9 Å². The van der Waals surface area contributed by atoms with E-state index in [0.717, 1.165) is 5.33 Å². The molecule has 1 N–H and O–H groups in total. The van der Waals surface area contributed by atoms with Crippen molar-refractivity contribution in [2.24, 2.45) is 16.2 Å². The minimum atomic E-state index is -0.693. The van der Waals surface area contributed by atoms with E-state index in [2.05, 4.69) is 31.9 Å². The van der Waals surface area contributed by atoms with Gasteiger partial charge in [-0.2, -0.15) is 0 Å². The first-order valence-corrected chi connectivity index (χ1v) is 9.09. The van der Waals surface area contributed by atoms with Crippen molar-refractivity contribution < 1.29 is 14.6 Å². The Hall–Kier alpha value is 0.390. The maximum absolute atomic E-state index is 12.2. The summed E-state index contributed by atoms with van der Waals surface area (Å²) in [7, 11) is 0. The lowest BCUT2D eigenvalue weighted by Crippen LogP contribution is -2.39. The molecule has 0 heterocycles. The fourth-order valence-corrected chi connectivity index (χ4v) is 1.96. The van der Waals surface area contributed by atoms with E-state index in [1.165, 1.54) is 0 Å². The molecule has 0 aromatic carbocycles. The molecule has 0 spiro atoms. The van der Waals surface area contributed by atoms with Crippen LogP contribution in [0.5, 0.6) is 0 Å². The third kappa shape index (κ3) is 6.44. The summed E-state index contributed by atoms with van der Waals surface area (Å²) < 4.78 is 5.42. The first-order valence-electron chi connectivity index (χ1n) is 6.85. The summed E-state index contributed by atoms with van der Waals surface area (Å²) in [6, 6.07) is 0. The van der Waals surface area contributed by atoms with Crippen LogP contribution in [0, 0.1) is 16.2 Å². The molecule has 0 aliphatic rings. The number of carbonyl (C=O) groups is 1. The molecule has 0 aromatic rings. The SMILES string of the molecule is CC(C)(CBr)COC(=O)C(C)(C)CC(O)C(C)(C)CBr. The number of aliphatic hydroxyl groups excluding tert-OH is 1. The lowest BCUT2D eigenvalue weighted by atomic mass is 9.77. The first kappa shape index (κ1) is 20.4. The van der Waals surface area contributed by atoms with Crippen LogP contribution in [-0.4, -0.2) is 34.4 Å². The summed E-state index contributed by atoms with van der Waals surface area (Å²) in [5.74, 6) is -0.254. The Labute approximate surface area is 140 Å². The van der Waals surface area contributed by atoms with Gasteiger partial charge in [0.05, 0.1) is 18.1 Å². The van der Waals surface area contributed by atoms with Crippen molar-refractivity contribution >= 4 is 37.8 Å². The molecular weight excluding hydrogens is 388 g/mol. The summed E-state index contributed by atoms with van der Waals surface area (Å²) in [6.45, 7) is 12.0. The quantitative estimate of drug-likeness (QED) is 0.478. The van der Waals surface area contributed by atoms with Crippen LogP contribution in [0.3, 0.4) is 0 Å². The molecule has 0 saturated heterocycles. The number of hydrogen-bond acceptors (Lipinski definition) is 3. The average Bonchev–Trinajstić information content (AvgIpc) is 2.35. The van der Waals surface area contributed by atoms with Gasteiger partial charge in [-0.3, -0.25) is 4.79 Å². The lowest BCUT2D eigenvalue weighted by molar-refractivity contribution is -0.159. The van der Waals surface area contributed by atoms with E-state index in [0.29, 0.717) is 18.4 Å². The van der Waals surface area contributed by atoms with Crippen molar-refractivity contribution in [3.63, 3.8) is 0 Å². The molecule has 0 fully saturated rings. The number of halogens is 2. The topological polar surface area (TPSA) is 46.5 Å². The van der Waals surface area contributed by atoms with Crippen LogP contribution < -0.4 is 0 Å². The highest BCUT2D eigenvalue weighted by atomic mass is 79.9. The predicted octanol–water partition coefficient (Wildman–Crippen LogP) is 4.15. The molecule has 120 valence electrons. The normalized spacial score (nSPS) is 15.1. The van der Waals surface area contributed by atoms with Crippen molar-refractivity contribution in [1.29, 1.82) is 0 Å². The Morgan fingerprint density at radius 3 is 2.00 bits per heavy atom. The van der Waals surface area contributed by atoms with E-state index >= 15 is 0 Å². The van der Waals surface area contributed by atoms with Gasteiger partial charge in [0, 0.05) is 21.5 Å². The second-order valence-corrected chi connectivity index (χ2v) is 8.72. The summed E-state index contributed by atoms with van der Waals surface area (Å²) in [5.41, 5.74) is -1.05. The van der Waals surface area contributed by atoms with Crippen molar-refractivity contribution in [3.05, 3.63) is 0 Å². The van der Waals surface area contributed by atoms with Gasteiger partial charge in [-0.25, -0.2) is 0 Å². The molecule has 0 aliphatic carbocycles. The summed E-state index contributed by atoms with van der Waals surface area (Å²) in [5, 5.41) is 11.7. The van der Waals surface area contributed by atoms with Crippen molar-refractivity contribution in [2.45, 2.75) is 54.1 Å². The summed E-state index contributed by atoms with van der Waals surface area (Å²) in [4.78, 5) is 12.2. The Bertz CT molecular complexity index is 325. The van der Waals surface area contributed by atoms with Gasteiger partial charge in [0.2, 0.25) is 0 Å². The highest BCUT2D eigenvalue weighted by Crippen LogP contribution is 2.34. The fourth-order valence-electron chi connectivity index (χ4n) is 1.43. The van der Waals surface area contributed by atoms with Crippen LogP contribution in [0.2, 0.25) is 0 Å². The maximum atomic E-state index is 12.2. The third-order valence-corrected chi connectivity index (χ3v) is 6.42. The van der Waals surface area contributed by atoms with Crippen LogP contribution in [0.15, 0.2) is 0 Å². The molecule has 3 nitrogen and oxygen atoms in total. The van der Waals surface area contributed by atoms with E-state index in [1.54, 1.807) is 0 Å². The van der Waals surface area contributed by atoms with E-state index < -0.39 is 11.5 Å². The Morgan fingerprint density at radius 2 is 1.60 bits per heavy atom. The number of alkyl halides is 2. The minimum absolute atomic E-state index is 0.0838. The molecule has 0 radical (unpaired) electrons. The fraction of sp³-hybridized carbons (Fsp3) is 0.933. The van der Waals surface area contributed by atoms with E-state index in [1.807, 2.05) is 41.5 Å². The first-order chi connectivity index (χ1) is 8.88. The minimum Gasteiger partial charge on any atom is -0.465 e. The van der Waals surface area contributed by atoms with Gasteiger partial charge in [0.25, 0.3) is 0 Å². The molecule has 0 aliphatic heterocycles. The van der Waals surface area contributed by atoms with Gasteiger partial charge in [0.1, 0.15) is 0 Å². The second-order valence-electron chi connectivity index (χ2n) is 7.60. The lowest BCUT2D eigenvalue weighted by Gasteiger charge is -2.34. The van der Waals surface area contributed by atoms with Crippen LogP contribution in [0.25, 0.3) is 0 Å². The number of aliphatic hydroxyl groups is 1. The number of esters is 1. The zero-order chi connectivity index (χ0) is 16.2. The molecule has 0 rings (SSSR count). The van der Waals surface area contributed by atoms with Gasteiger partial charge >= 0.3 is 5.97 Å². The molecular formula is C15H28Br2O3. The van der Waals surface area contributed by atoms with E-state index in [-0.39, 0.29) is 16.8 Å². The molecule has 1 unspecified atom stereocenters. The van der Waals surface area contributed by atoms with Gasteiger partial charge < -0.3 is 9.84 Å². The molecule has 1 atom stereocenters. The molecule has 0 bridgehead atoms. The Kier molecular flexibility index (Phi) is 7.74. The number of hydrogen-bond donors (Lipinski definition) is 1. The zero-order valence-corrected chi connectivity index (χ0v) is 16.6. The van der Waals surface area contributed by atoms with E-state index in [9.17, 15) is 9.90 Å². The highest BCUT2D eigenvalue weighted by molar-refractivity contribution is 9.09. The van der Waals surface area contributed by atoms with Crippen LogP contribution in [0.4, 0.5) is 0 Å². The maximum Gasteiger partial charge on any atom is 0.311 e. The number of carbonyl (C=O) groups excluding carboxylic acids is 1. The zero-order valence-electron chi connectivity index (χ0n) is 13.4. The van der Waals surface area contributed by atoms with Crippen molar-refractivity contribution in [3.8, 4) is 0 Å². The van der Waals surface area contributed by atoms with E-state index in [4.69, 9.17) is 4.74 Å². The van der Waals surface area contributed by atoms with Gasteiger partial charge in [-0.1, -0.05) is 59.6 Å². The van der Waals surface area contributed by atoms with Gasteiger partial charge in [0.15, 0.2) is 0 Å². The number of rotatable bonds is 8. The summed E-state index contributed by atoms with van der Waals surface area (Å²) in [6.07, 6.45) is -0.173. The molecule has 5 heteroatoms. The average molecular weight is 416 g/mol. The Morgan fingerprint density at radius 1 is 1.10 bits per heavy atom. The van der Waals surface area contributed by atoms with Crippen molar-refractivity contribution in [2.75, 3.05) is 17.3 Å². The predicted molar refractivity (Wildman–Crippen MR) is 90.5 cm³/mol. The smallest absolute Gasteiger partial charge is 0.311 e. The third-order valence-electron chi connectivity index (χ3n) is 3.46. The van der Waals surface area contributed by atoms with Crippen LogP contribution in [0.1, 0.15) is 48.0 Å². The molecule has 0 saturated carbocycles. The van der Waals surface area contributed by atoms with Gasteiger partial charge in [-0.05, 0) is 20.3 Å². The molecule has 0 amide bonds.